The number of hydrogen-bond acceptors (Lipinski definition) is 5. The van der Waals surface area contributed by atoms with E-state index in [0.717, 1.165) is 0 Å². The number of nitrogens with zero attached hydrogens (tertiary/aromatic N) is 1. The van der Waals surface area contributed by atoms with Crippen LogP contribution in [0.25, 0.3) is 0 Å². The van der Waals surface area contributed by atoms with Crippen molar-refractivity contribution >= 4 is 22.2 Å². The van der Waals surface area contributed by atoms with Crippen LogP contribution in [0.1, 0.15) is 16.7 Å². The Balaban J connectivity index is 1.85. The summed E-state index contributed by atoms with van der Waals surface area (Å²) in [5.41, 5.74) is -0.102. The third kappa shape index (κ3) is 6.59. The molecule has 3 aromatic carbocycles. The Bertz CT molecular complexity index is 1350. The Kier molecular flexibility index (Phi) is 7.48. The molecule has 3 aromatic rings. The number of amides is 1. The number of hydrogen-bond donors (Lipinski definition) is 1. The van der Waals surface area contributed by atoms with Crippen LogP contribution in [-0.2, 0) is 27.5 Å². The summed E-state index contributed by atoms with van der Waals surface area (Å²) < 4.78 is 109. The van der Waals surface area contributed by atoms with Crippen molar-refractivity contribution in [2.75, 3.05) is 0 Å². The van der Waals surface area contributed by atoms with Crippen molar-refractivity contribution in [3.05, 3.63) is 94.8 Å². The molecular weight excluding hydrogens is 502 g/mol. The zero-order valence-corrected chi connectivity index (χ0v) is 18.1. The smallest absolute Gasteiger partial charge is 0.379 e. The molecule has 0 aliphatic heterocycles. The maximum absolute atomic E-state index is 13.3. The summed E-state index contributed by atoms with van der Waals surface area (Å²) in [5.74, 6) is -5.82. The molecule has 0 radical (unpaired) electrons. The molecule has 0 aliphatic rings. The number of carbonyl (C=O) groups excluding carboxylic acids is 1. The monoisotopic (exact) mass is 516 g/mol. The fraction of sp³-hybridized carbons (Fsp3) is 0.0909. The summed E-state index contributed by atoms with van der Waals surface area (Å²) in [7, 11) is -4.61. The van der Waals surface area contributed by atoms with Crippen LogP contribution in [0.5, 0.6) is 5.75 Å². The first-order valence-electron chi connectivity index (χ1n) is 9.53. The fourth-order valence-corrected chi connectivity index (χ4v) is 3.90. The Labute approximate surface area is 195 Å². The van der Waals surface area contributed by atoms with E-state index < -0.39 is 62.1 Å². The van der Waals surface area contributed by atoms with E-state index in [1.165, 1.54) is 24.3 Å². The van der Waals surface area contributed by atoms with Gasteiger partial charge in [0.25, 0.3) is 0 Å². The van der Waals surface area contributed by atoms with E-state index in [0.29, 0.717) is 36.5 Å². The summed E-state index contributed by atoms with van der Waals surface area (Å²) in [6, 6.07) is 10.0. The topological polar surface area (TPSA) is 84.8 Å². The van der Waals surface area contributed by atoms with E-state index in [-0.39, 0.29) is 11.3 Å². The van der Waals surface area contributed by atoms with Gasteiger partial charge >= 0.3 is 16.3 Å². The maximum Gasteiger partial charge on any atom is 0.416 e. The SMILES string of the molecule is O=C(Cc1cc(F)c(F)c(F)c1)NN=Cc1cc(C(F)(F)F)ccc1S(=O)(=O)Oc1ccccc1. The Morgan fingerprint density at radius 1 is 0.971 bits per heavy atom. The van der Waals surface area contributed by atoms with Crippen LogP contribution < -0.4 is 9.61 Å². The molecule has 0 aliphatic carbocycles. The van der Waals surface area contributed by atoms with Gasteiger partial charge in [-0.3, -0.25) is 4.79 Å². The van der Waals surface area contributed by atoms with Crippen LogP contribution in [0.4, 0.5) is 26.3 Å². The molecule has 0 saturated heterocycles. The minimum absolute atomic E-state index is 0.0950. The van der Waals surface area contributed by atoms with Gasteiger partial charge in [0.05, 0.1) is 18.2 Å². The molecule has 0 fully saturated rings. The number of para-hydroxylation sites is 1. The van der Waals surface area contributed by atoms with Crippen LogP contribution in [0, 0.1) is 17.5 Å². The summed E-state index contributed by atoms with van der Waals surface area (Å²) in [5, 5.41) is 3.43. The number of nitrogens with one attached hydrogen (secondary N) is 1. The van der Waals surface area contributed by atoms with E-state index in [9.17, 15) is 39.6 Å². The normalized spacial score (nSPS) is 12.1. The predicted molar refractivity (Wildman–Crippen MR) is 111 cm³/mol. The van der Waals surface area contributed by atoms with Gasteiger partial charge in [-0.05, 0) is 48.0 Å². The molecular formula is C22H14F6N2O4S. The second kappa shape index (κ2) is 10.2. The van der Waals surface area contributed by atoms with Crippen LogP contribution in [-0.4, -0.2) is 20.5 Å². The highest BCUT2D eigenvalue weighted by Gasteiger charge is 2.32. The van der Waals surface area contributed by atoms with Gasteiger partial charge in [-0.15, -0.1) is 0 Å². The number of hydrazone groups is 1. The fourth-order valence-electron chi connectivity index (χ4n) is 2.81. The van der Waals surface area contributed by atoms with Gasteiger partial charge in [0.2, 0.25) is 5.91 Å². The number of halogens is 6. The van der Waals surface area contributed by atoms with Crippen LogP contribution >= 0.6 is 0 Å². The molecule has 1 amide bonds. The van der Waals surface area contributed by atoms with Gasteiger partial charge in [0, 0.05) is 5.56 Å². The van der Waals surface area contributed by atoms with Gasteiger partial charge in [0.15, 0.2) is 17.5 Å². The molecule has 0 heterocycles. The standard InChI is InChI=1S/C22H14F6N2O4S/c23-17-8-13(9-18(24)21(17)25)10-20(31)30-29-12-14-11-15(22(26,27)28)6-7-19(14)35(32,33)34-16-4-2-1-3-5-16/h1-9,11-12H,10H2,(H,30,31). The zero-order valence-electron chi connectivity index (χ0n) is 17.3. The summed E-state index contributed by atoms with van der Waals surface area (Å²) >= 11 is 0. The van der Waals surface area contributed by atoms with E-state index >= 15 is 0 Å². The zero-order chi connectivity index (χ0) is 25.8. The second-order valence-electron chi connectivity index (χ2n) is 6.94. The van der Waals surface area contributed by atoms with Gasteiger partial charge in [-0.25, -0.2) is 18.6 Å². The molecule has 0 saturated carbocycles. The lowest BCUT2D eigenvalue weighted by Gasteiger charge is -2.12. The molecule has 6 nitrogen and oxygen atoms in total. The lowest BCUT2D eigenvalue weighted by atomic mass is 10.1. The van der Waals surface area contributed by atoms with Crippen LogP contribution in [0.2, 0.25) is 0 Å². The average molecular weight is 516 g/mol. The first-order valence-corrected chi connectivity index (χ1v) is 10.9. The summed E-state index contributed by atoms with van der Waals surface area (Å²) in [4.78, 5) is 11.3. The number of rotatable bonds is 7. The van der Waals surface area contributed by atoms with E-state index in [4.69, 9.17) is 4.18 Å². The molecule has 13 heteroatoms. The molecule has 0 aromatic heterocycles. The van der Waals surface area contributed by atoms with E-state index in [1.807, 2.05) is 5.43 Å². The number of carbonyl (C=O) groups is 1. The lowest BCUT2D eigenvalue weighted by molar-refractivity contribution is -0.137. The molecule has 0 spiro atoms. The minimum atomic E-state index is -4.81. The highest BCUT2D eigenvalue weighted by Crippen LogP contribution is 2.32. The third-order valence-electron chi connectivity index (χ3n) is 4.36. The van der Waals surface area contributed by atoms with Gasteiger partial charge in [-0.1, -0.05) is 18.2 Å². The largest absolute Gasteiger partial charge is 0.416 e. The van der Waals surface area contributed by atoms with E-state index in [2.05, 4.69) is 5.10 Å². The molecule has 3 rings (SSSR count). The van der Waals surface area contributed by atoms with Crippen molar-refractivity contribution in [3.8, 4) is 5.75 Å². The maximum atomic E-state index is 13.3. The molecule has 35 heavy (non-hydrogen) atoms. The van der Waals surface area contributed by atoms with Crippen molar-refractivity contribution in [2.45, 2.75) is 17.5 Å². The van der Waals surface area contributed by atoms with Crippen molar-refractivity contribution in [1.29, 1.82) is 0 Å². The molecule has 1 N–H and O–H groups in total. The summed E-state index contributed by atoms with van der Waals surface area (Å²) in [6.45, 7) is 0. The van der Waals surface area contributed by atoms with Crippen molar-refractivity contribution in [3.63, 3.8) is 0 Å². The Morgan fingerprint density at radius 2 is 1.60 bits per heavy atom. The predicted octanol–water partition coefficient (Wildman–Crippen LogP) is 4.58. The van der Waals surface area contributed by atoms with Crippen molar-refractivity contribution < 1.29 is 43.7 Å². The van der Waals surface area contributed by atoms with Gasteiger partial charge in [0.1, 0.15) is 10.6 Å². The van der Waals surface area contributed by atoms with Gasteiger partial charge in [-0.2, -0.15) is 26.7 Å². The quantitative estimate of drug-likeness (QED) is 0.164. The van der Waals surface area contributed by atoms with E-state index in [1.54, 1.807) is 6.07 Å². The lowest BCUT2D eigenvalue weighted by Crippen LogP contribution is -2.20. The first kappa shape index (κ1) is 25.7. The van der Waals surface area contributed by atoms with Crippen LogP contribution in [0.15, 0.2) is 70.7 Å². The molecule has 0 unspecified atom stereocenters. The number of benzene rings is 3. The van der Waals surface area contributed by atoms with Crippen molar-refractivity contribution in [1.82, 2.24) is 5.43 Å². The minimum Gasteiger partial charge on any atom is -0.379 e. The Hall–Kier alpha value is -3.87. The first-order chi connectivity index (χ1) is 16.4. The molecule has 0 bridgehead atoms. The third-order valence-corrected chi connectivity index (χ3v) is 5.68. The Morgan fingerprint density at radius 3 is 2.20 bits per heavy atom. The van der Waals surface area contributed by atoms with Crippen molar-refractivity contribution in [2.24, 2.45) is 5.10 Å². The molecule has 0 atom stereocenters. The number of alkyl halides is 3. The highest BCUT2D eigenvalue weighted by atomic mass is 32.2. The summed E-state index contributed by atoms with van der Waals surface area (Å²) in [6.07, 6.45) is -4.83. The van der Waals surface area contributed by atoms with Gasteiger partial charge < -0.3 is 4.18 Å². The average Bonchev–Trinajstić information content (AvgIpc) is 2.77. The molecule has 184 valence electrons. The highest BCUT2D eigenvalue weighted by molar-refractivity contribution is 7.87. The second-order valence-corrected chi connectivity index (χ2v) is 8.46. The van der Waals surface area contributed by atoms with Crippen LogP contribution in [0.3, 0.4) is 0 Å².